The van der Waals surface area contributed by atoms with E-state index in [2.05, 4.69) is 9.13 Å². The quantitative estimate of drug-likeness (QED) is 0.426. The molecular weight excluding hydrogens is 244 g/mol. The van der Waals surface area contributed by atoms with Crippen LogP contribution in [-0.4, -0.2) is 36.1 Å². The largest absolute Gasteiger partial charge is 0.468 e. The lowest BCUT2D eigenvalue weighted by atomic mass is 10.2. The van der Waals surface area contributed by atoms with Crippen molar-refractivity contribution in [3.8, 4) is 6.07 Å². The normalized spacial score (nSPS) is 11.6. The van der Waals surface area contributed by atoms with Gasteiger partial charge in [-0.25, -0.2) is 4.79 Å². The lowest BCUT2D eigenvalue weighted by Crippen LogP contribution is -2.28. The lowest BCUT2D eigenvalue weighted by molar-refractivity contribution is -0.146. The summed E-state index contributed by atoms with van der Waals surface area (Å²) in [6.45, 7) is 5.05. The number of ether oxygens (including phenoxy) is 2. The van der Waals surface area contributed by atoms with E-state index in [1.807, 2.05) is 0 Å². The second-order valence-corrected chi connectivity index (χ2v) is 4.63. The third-order valence-electron chi connectivity index (χ3n) is 1.26. The first-order valence-corrected chi connectivity index (χ1v) is 5.64. The molecule has 0 aromatic carbocycles. The second kappa shape index (κ2) is 6.91. The summed E-state index contributed by atoms with van der Waals surface area (Å²) in [5.74, 6) is -1.36. The van der Waals surface area contributed by atoms with Crippen LogP contribution < -0.4 is 0 Å². The molecule has 0 aliphatic carbocycles. The average Bonchev–Trinajstić information content (AvgIpc) is 2.21. The molecule has 0 aromatic rings. The average molecular weight is 258 g/mol. The number of hydrogen-bond donors (Lipinski definition) is 0. The summed E-state index contributed by atoms with van der Waals surface area (Å²) in [6.07, 6.45) is 0. The smallest absolute Gasteiger partial charge is 0.369 e. The maximum absolute atomic E-state index is 11.4. The minimum absolute atomic E-state index is 0.0650. The van der Waals surface area contributed by atoms with E-state index in [0.29, 0.717) is 0 Å². The van der Waals surface area contributed by atoms with Crippen molar-refractivity contribution >= 4 is 29.6 Å². The molecule has 0 aliphatic rings. The Morgan fingerprint density at radius 1 is 1.41 bits per heavy atom. The monoisotopic (exact) mass is 258 g/mol. The number of methoxy groups -OCH3 is 1. The van der Waals surface area contributed by atoms with Crippen LogP contribution in [0.25, 0.3) is 0 Å². The van der Waals surface area contributed by atoms with E-state index < -0.39 is 17.5 Å². The van der Waals surface area contributed by atoms with Gasteiger partial charge in [-0.2, -0.15) is 9.66 Å². The van der Waals surface area contributed by atoms with Crippen LogP contribution in [0.2, 0.25) is 0 Å². The highest BCUT2D eigenvalue weighted by atomic mass is 32.2. The van der Waals surface area contributed by atoms with Crippen LogP contribution in [0.3, 0.4) is 0 Å². The zero-order valence-corrected chi connectivity index (χ0v) is 11.0. The molecule has 0 saturated carbocycles. The molecule has 0 N–H and O–H groups in total. The van der Waals surface area contributed by atoms with Gasteiger partial charge in [0.15, 0.2) is 0 Å². The van der Waals surface area contributed by atoms with Crippen molar-refractivity contribution in [3.63, 3.8) is 0 Å². The molecule has 94 valence electrons. The van der Waals surface area contributed by atoms with Gasteiger partial charge in [0, 0.05) is 0 Å². The molecule has 0 bridgehead atoms. The van der Waals surface area contributed by atoms with E-state index in [-0.39, 0.29) is 11.5 Å². The molecule has 0 spiro atoms. The fraction of sp³-hybridized carbons (Fsp3) is 0.600. The predicted octanol–water partition coefficient (Wildman–Crippen LogP) is 1.11. The highest BCUT2D eigenvalue weighted by Gasteiger charge is 2.21. The van der Waals surface area contributed by atoms with Crippen molar-refractivity contribution in [3.05, 3.63) is 0 Å². The fourth-order valence-corrected chi connectivity index (χ4v) is 1.17. The number of esters is 2. The van der Waals surface area contributed by atoms with Crippen LogP contribution in [-0.2, 0) is 19.1 Å². The van der Waals surface area contributed by atoms with Gasteiger partial charge in [-0.3, -0.25) is 4.79 Å². The van der Waals surface area contributed by atoms with Crippen LogP contribution in [0.4, 0.5) is 0 Å². The van der Waals surface area contributed by atoms with Crippen LogP contribution in [0.1, 0.15) is 20.8 Å². The molecule has 0 saturated heterocycles. The number of carbonyl (C=O) groups excluding carboxylic acids is 2. The van der Waals surface area contributed by atoms with Gasteiger partial charge >= 0.3 is 11.9 Å². The molecule has 0 fully saturated rings. The van der Waals surface area contributed by atoms with Gasteiger partial charge in [0.1, 0.15) is 17.4 Å². The van der Waals surface area contributed by atoms with Crippen LogP contribution in [0.5, 0.6) is 0 Å². The zero-order chi connectivity index (χ0) is 13.5. The Morgan fingerprint density at radius 3 is 2.41 bits per heavy atom. The summed E-state index contributed by atoms with van der Waals surface area (Å²) in [7, 11) is 1.24. The lowest BCUT2D eigenvalue weighted by Gasteiger charge is -2.18. The molecule has 0 heterocycles. The van der Waals surface area contributed by atoms with E-state index in [1.165, 1.54) is 7.11 Å². The number of rotatable bonds is 4. The summed E-state index contributed by atoms with van der Waals surface area (Å²) in [5.41, 5.74) is -1.07. The van der Waals surface area contributed by atoms with Crippen molar-refractivity contribution in [1.82, 2.24) is 0 Å². The number of nitrogens with zero attached hydrogens (tertiary/aromatic N) is 2. The molecule has 0 aliphatic heterocycles. The fourth-order valence-electron chi connectivity index (χ4n) is 0.638. The van der Waals surface area contributed by atoms with E-state index in [4.69, 9.17) is 10.00 Å². The topological polar surface area (TPSA) is 88.8 Å². The SMILES string of the molecule is COC(=O)CSN=C(C#N)C(=O)OC(C)(C)C. The summed E-state index contributed by atoms with van der Waals surface area (Å²) in [5, 5.41) is 8.70. The first kappa shape index (κ1) is 15.4. The Labute approximate surface area is 104 Å². The molecule has 6 nitrogen and oxygen atoms in total. The molecule has 0 unspecified atom stereocenters. The number of hydrogen-bond acceptors (Lipinski definition) is 7. The van der Waals surface area contributed by atoms with Crippen molar-refractivity contribution in [2.75, 3.05) is 12.9 Å². The van der Waals surface area contributed by atoms with E-state index in [1.54, 1.807) is 26.8 Å². The standard InChI is InChI=1S/C10H14N2O4S/c1-10(2,3)16-9(14)7(5-11)12-17-6-8(13)15-4/h6H2,1-4H3. The van der Waals surface area contributed by atoms with Crippen LogP contribution in [0.15, 0.2) is 4.40 Å². The summed E-state index contributed by atoms with van der Waals surface area (Å²) >= 11 is 0.763. The Morgan fingerprint density at radius 2 is 2.00 bits per heavy atom. The van der Waals surface area contributed by atoms with E-state index in [0.717, 1.165) is 11.9 Å². The second-order valence-electron chi connectivity index (χ2n) is 3.90. The highest BCUT2D eigenvalue weighted by Crippen LogP contribution is 2.09. The molecule has 17 heavy (non-hydrogen) atoms. The van der Waals surface area contributed by atoms with Gasteiger partial charge in [-0.15, -0.1) is 0 Å². The van der Waals surface area contributed by atoms with Crippen molar-refractivity contribution in [1.29, 1.82) is 5.26 Å². The molecule has 7 heteroatoms. The third-order valence-corrected chi connectivity index (χ3v) is 1.94. The zero-order valence-electron chi connectivity index (χ0n) is 10.1. The predicted molar refractivity (Wildman–Crippen MR) is 63.4 cm³/mol. The van der Waals surface area contributed by atoms with Gasteiger partial charge in [-0.05, 0) is 32.7 Å². The molecule has 0 aromatic heterocycles. The molecule has 0 atom stereocenters. The maximum Gasteiger partial charge on any atom is 0.369 e. The Kier molecular flexibility index (Phi) is 6.28. The van der Waals surface area contributed by atoms with Gasteiger partial charge < -0.3 is 9.47 Å². The molecule has 0 radical (unpaired) electrons. The molecule has 0 amide bonds. The first-order chi connectivity index (χ1) is 7.80. The Bertz CT molecular complexity index is 365. The van der Waals surface area contributed by atoms with E-state index >= 15 is 0 Å². The third kappa shape index (κ3) is 7.36. The minimum Gasteiger partial charge on any atom is -0.468 e. The number of nitriles is 1. The Balaban J connectivity index is 4.43. The van der Waals surface area contributed by atoms with E-state index in [9.17, 15) is 9.59 Å². The van der Waals surface area contributed by atoms with Gasteiger partial charge in [-0.1, -0.05) is 0 Å². The van der Waals surface area contributed by atoms with Crippen molar-refractivity contribution < 1.29 is 19.1 Å². The Hall–Kier alpha value is -1.55. The summed E-state index contributed by atoms with van der Waals surface area (Å²) in [4.78, 5) is 22.2. The summed E-state index contributed by atoms with van der Waals surface area (Å²) in [6, 6.07) is 1.62. The molecular formula is C10H14N2O4S. The van der Waals surface area contributed by atoms with Crippen LogP contribution in [0, 0.1) is 11.3 Å². The van der Waals surface area contributed by atoms with Crippen molar-refractivity contribution in [2.45, 2.75) is 26.4 Å². The maximum atomic E-state index is 11.4. The van der Waals surface area contributed by atoms with Crippen LogP contribution >= 0.6 is 11.9 Å². The van der Waals surface area contributed by atoms with Gasteiger partial charge in [0.2, 0.25) is 5.71 Å². The summed E-state index contributed by atoms with van der Waals surface area (Å²) < 4.78 is 12.9. The molecule has 0 rings (SSSR count). The number of carbonyl (C=O) groups is 2. The van der Waals surface area contributed by atoms with Crippen molar-refractivity contribution in [2.24, 2.45) is 4.40 Å². The first-order valence-electron chi connectivity index (χ1n) is 4.70. The highest BCUT2D eigenvalue weighted by molar-refractivity contribution is 7.98. The van der Waals surface area contributed by atoms with Gasteiger partial charge in [0.05, 0.1) is 7.11 Å². The minimum atomic E-state index is -0.808. The van der Waals surface area contributed by atoms with Gasteiger partial charge in [0.25, 0.3) is 0 Å².